The summed E-state index contributed by atoms with van der Waals surface area (Å²) in [5, 5.41) is 8.89. The van der Waals surface area contributed by atoms with E-state index in [4.69, 9.17) is 18.4 Å². The van der Waals surface area contributed by atoms with Crippen LogP contribution in [0.2, 0.25) is 0 Å². The van der Waals surface area contributed by atoms with Crippen molar-refractivity contribution >= 4 is 23.6 Å². The third kappa shape index (κ3) is 6.96. The van der Waals surface area contributed by atoms with Gasteiger partial charge in [-0.15, -0.1) is 0 Å². The van der Waals surface area contributed by atoms with Crippen LogP contribution in [0.25, 0.3) is 0 Å². The van der Waals surface area contributed by atoms with Gasteiger partial charge in [-0.2, -0.15) is 4.21 Å². The van der Waals surface area contributed by atoms with Crippen molar-refractivity contribution in [2.24, 2.45) is 0 Å². The van der Waals surface area contributed by atoms with Gasteiger partial charge in [0.05, 0.1) is 11.8 Å². The number of carboxylic acid groups (broad SMARTS) is 1. The topological polar surface area (TPSA) is 130 Å². The fraction of sp³-hybridized carbons (Fsp3) is 0.312. The molecule has 0 aliphatic carbocycles. The van der Waals surface area contributed by atoms with Gasteiger partial charge in [0.2, 0.25) is 0 Å². The molecule has 2 rings (SSSR count). The highest BCUT2D eigenvalue weighted by molar-refractivity contribution is 7.73. The summed E-state index contributed by atoms with van der Waals surface area (Å²) in [4.78, 5) is 26.3. The number of aromatic carboxylic acids is 1. The van der Waals surface area contributed by atoms with Gasteiger partial charge in [-0.3, -0.25) is 13.9 Å². The summed E-state index contributed by atoms with van der Waals surface area (Å²) in [5.41, 5.74) is 1.74. The van der Waals surface area contributed by atoms with E-state index in [1.807, 2.05) is 4.57 Å². The number of carbonyl (C=O) groups is 2. The Balaban J connectivity index is 0.000000705. The summed E-state index contributed by atoms with van der Waals surface area (Å²) in [6, 6.07) is 6.67. The quantitative estimate of drug-likeness (QED) is 0.505. The summed E-state index contributed by atoms with van der Waals surface area (Å²) >= 11 is -2.61. The first kappa shape index (κ1) is 20.7. The molecule has 1 heterocycles. The van der Waals surface area contributed by atoms with E-state index in [1.54, 1.807) is 30.5 Å². The molecule has 9 heteroatoms. The zero-order valence-electron chi connectivity index (χ0n) is 13.7. The van der Waals surface area contributed by atoms with Crippen molar-refractivity contribution in [1.82, 2.24) is 9.55 Å². The lowest BCUT2D eigenvalue weighted by atomic mass is 10.1. The fourth-order valence-corrected chi connectivity index (χ4v) is 2.18. The highest BCUT2D eigenvalue weighted by atomic mass is 32.2. The van der Waals surface area contributed by atoms with Gasteiger partial charge in [0.1, 0.15) is 11.5 Å². The van der Waals surface area contributed by atoms with Gasteiger partial charge < -0.3 is 9.67 Å². The molecule has 25 heavy (non-hydrogen) atoms. The minimum Gasteiger partial charge on any atom is -0.478 e. The Morgan fingerprint density at radius 2 is 1.88 bits per heavy atom. The molecular formula is C16H20N2O6S. The molecule has 0 radical (unpaired) electrons. The standard InChI is InChI=1S/C16H18N2O3.H2O3S/c1-2-3-4-15-17-9-14(11-19)18(15)10-12-5-7-13(8-6-12)16(20)21;1-4(2)3/h5-9,11H,2-4,10H2,1H3,(H,20,21);(H2,1,2,3). The van der Waals surface area contributed by atoms with Crippen LogP contribution in [0, 0.1) is 0 Å². The largest absolute Gasteiger partial charge is 0.478 e. The van der Waals surface area contributed by atoms with Crippen molar-refractivity contribution < 1.29 is 28.0 Å². The molecule has 0 spiro atoms. The second-order valence-corrected chi connectivity index (χ2v) is 5.60. The molecule has 1 aromatic heterocycles. The van der Waals surface area contributed by atoms with Crippen LogP contribution in [0.15, 0.2) is 30.5 Å². The molecule has 0 saturated carbocycles. The normalized spacial score (nSPS) is 10.2. The van der Waals surface area contributed by atoms with Crippen molar-refractivity contribution in [3.8, 4) is 0 Å². The maximum Gasteiger partial charge on any atom is 0.335 e. The van der Waals surface area contributed by atoms with E-state index < -0.39 is 17.3 Å². The molecule has 3 N–H and O–H groups in total. The molecule has 8 nitrogen and oxygen atoms in total. The molecule has 0 fully saturated rings. The molecule has 0 amide bonds. The smallest absolute Gasteiger partial charge is 0.335 e. The van der Waals surface area contributed by atoms with E-state index in [1.165, 1.54) is 0 Å². The SMILES string of the molecule is CCCCc1ncc(C=O)n1Cc1ccc(C(=O)O)cc1.O=S(O)O. The monoisotopic (exact) mass is 368 g/mol. The first-order valence-electron chi connectivity index (χ1n) is 7.50. The van der Waals surface area contributed by atoms with Gasteiger partial charge in [-0.05, 0) is 24.1 Å². The lowest BCUT2D eigenvalue weighted by Crippen LogP contribution is -2.09. The number of carbonyl (C=O) groups excluding carboxylic acids is 1. The number of imidazole rings is 1. The molecule has 0 saturated heterocycles. The fourth-order valence-electron chi connectivity index (χ4n) is 2.18. The minimum absolute atomic E-state index is 0.256. The second kappa shape index (κ2) is 10.5. The van der Waals surface area contributed by atoms with Crippen LogP contribution in [-0.4, -0.2) is 40.2 Å². The van der Waals surface area contributed by atoms with Crippen LogP contribution in [0.4, 0.5) is 0 Å². The van der Waals surface area contributed by atoms with Gasteiger partial charge in [-0.25, -0.2) is 9.78 Å². The highest BCUT2D eigenvalue weighted by Gasteiger charge is 2.10. The van der Waals surface area contributed by atoms with E-state index >= 15 is 0 Å². The second-order valence-electron chi connectivity index (χ2n) is 5.14. The molecule has 136 valence electrons. The van der Waals surface area contributed by atoms with Crippen molar-refractivity contribution in [1.29, 1.82) is 0 Å². The first-order chi connectivity index (χ1) is 11.9. The molecule has 0 aliphatic heterocycles. The van der Waals surface area contributed by atoms with Crippen LogP contribution in [0.1, 0.15) is 52.0 Å². The lowest BCUT2D eigenvalue weighted by molar-refractivity contribution is 0.0696. The summed E-state index contributed by atoms with van der Waals surface area (Å²) in [6.45, 7) is 2.63. The molecule has 0 bridgehead atoms. The van der Waals surface area contributed by atoms with Crippen LogP contribution in [-0.2, 0) is 24.3 Å². The van der Waals surface area contributed by atoms with E-state index in [0.717, 1.165) is 36.9 Å². The number of hydrogen-bond acceptors (Lipinski definition) is 4. The average molecular weight is 368 g/mol. The number of hydrogen-bond donors (Lipinski definition) is 3. The summed E-state index contributed by atoms with van der Waals surface area (Å²) < 4.78 is 24.7. The molecule has 0 atom stereocenters. The number of unbranched alkanes of at least 4 members (excludes halogenated alkanes) is 1. The van der Waals surface area contributed by atoms with Gasteiger partial charge in [-0.1, -0.05) is 25.5 Å². The van der Waals surface area contributed by atoms with Crippen molar-refractivity contribution in [2.45, 2.75) is 32.7 Å². The molecule has 2 aromatic rings. The van der Waals surface area contributed by atoms with Crippen LogP contribution in [0.3, 0.4) is 0 Å². The highest BCUT2D eigenvalue weighted by Crippen LogP contribution is 2.12. The maximum absolute atomic E-state index is 11.1. The third-order valence-corrected chi connectivity index (χ3v) is 3.39. The Morgan fingerprint density at radius 3 is 2.36 bits per heavy atom. The van der Waals surface area contributed by atoms with Gasteiger partial charge >= 0.3 is 5.97 Å². The van der Waals surface area contributed by atoms with Gasteiger partial charge in [0.15, 0.2) is 6.29 Å². The van der Waals surface area contributed by atoms with Crippen molar-refractivity contribution in [2.75, 3.05) is 0 Å². The van der Waals surface area contributed by atoms with Crippen LogP contribution >= 0.6 is 0 Å². The molecule has 0 aliphatic rings. The zero-order chi connectivity index (χ0) is 18.8. The number of rotatable bonds is 7. The van der Waals surface area contributed by atoms with E-state index in [-0.39, 0.29) is 5.56 Å². The van der Waals surface area contributed by atoms with Gasteiger partial charge in [0, 0.05) is 13.0 Å². The Labute approximate surface area is 147 Å². The van der Waals surface area contributed by atoms with Gasteiger partial charge in [0.25, 0.3) is 11.4 Å². The molecular weight excluding hydrogens is 348 g/mol. The summed E-state index contributed by atoms with van der Waals surface area (Å²) in [5.74, 6) is -0.0531. The van der Waals surface area contributed by atoms with Crippen molar-refractivity contribution in [3.63, 3.8) is 0 Å². The maximum atomic E-state index is 11.1. The number of aldehydes is 1. The van der Waals surface area contributed by atoms with E-state index in [9.17, 15) is 9.59 Å². The molecule has 1 aromatic carbocycles. The van der Waals surface area contributed by atoms with E-state index in [2.05, 4.69) is 11.9 Å². The van der Waals surface area contributed by atoms with Crippen LogP contribution in [0.5, 0.6) is 0 Å². The minimum atomic E-state index is -2.61. The number of nitrogens with zero attached hydrogens (tertiary/aromatic N) is 2. The number of aryl methyl sites for hydroxylation is 1. The Hall–Kier alpha value is -2.36. The summed E-state index contributed by atoms with van der Waals surface area (Å²) in [6.07, 6.45) is 5.30. The number of aromatic nitrogens is 2. The number of benzene rings is 1. The molecule has 0 unspecified atom stereocenters. The van der Waals surface area contributed by atoms with Crippen molar-refractivity contribution in [3.05, 3.63) is 53.1 Å². The Kier molecular flexibility index (Phi) is 8.68. The zero-order valence-corrected chi connectivity index (χ0v) is 14.5. The number of carboxylic acids is 1. The lowest BCUT2D eigenvalue weighted by Gasteiger charge is -2.10. The Bertz CT molecular complexity index is 723. The average Bonchev–Trinajstić information content (AvgIpc) is 2.94. The predicted molar refractivity (Wildman–Crippen MR) is 92.1 cm³/mol. The van der Waals surface area contributed by atoms with E-state index in [0.29, 0.717) is 12.2 Å². The third-order valence-electron chi connectivity index (χ3n) is 3.39. The Morgan fingerprint density at radius 1 is 1.28 bits per heavy atom. The van der Waals surface area contributed by atoms with Crippen LogP contribution < -0.4 is 0 Å². The summed E-state index contributed by atoms with van der Waals surface area (Å²) in [7, 11) is 0. The first-order valence-corrected chi connectivity index (χ1v) is 8.57. The predicted octanol–water partition coefficient (Wildman–Crippen LogP) is 2.47.